The van der Waals surface area contributed by atoms with E-state index in [1.807, 2.05) is 4.90 Å². The molecule has 1 aliphatic heterocycles. The quantitative estimate of drug-likeness (QED) is 0.829. The number of aromatic hydroxyl groups is 1. The Hall–Kier alpha value is -2.09. The third kappa shape index (κ3) is 3.70. The van der Waals surface area contributed by atoms with Gasteiger partial charge in [-0.3, -0.25) is 4.79 Å². The zero-order valence-corrected chi connectivity index (χ0v) is 15.4. The monoisotopic (exact) mass is 373 g/mol. The summed E-state index contributed by atoms with van der Waals surface area (Å²) in [6.07, 6.45) is 6.40. The van der Waals surface area contributed by atoms with E-state index in [0.29, 0.717) is 16.8 Å². The van der Waals surface area contributed by atoms with Crippen LogP contribution in [0.25, 0.3) is 5.69 Å². The number of phenolic OH excluding ortho intramolecular Hbond substituents is 1. The number of likely N-dealkylation sites (tertiary alicyclic amines) is 1. The highest BCUT2D eigenvalue weighted by Crippen LogP contribution is 2.36. The number of aromatic nitrogens is 4. The highest BCUT2D eigenvalue weighted by molar-refractivity contribution is 7.99. The lowest BCUT2D eigenvalue weighted by molar-refractivity contribution is -0.131. The molecule has 0 radical (unpaired) electrons. The number of amides is 1. The Kier molecular flexibility index (Phi) is 5.10. The molecule has 1 amide bonds. The third-order valence-corrected chi connectivity index (χ3v) is 6.41. The Labute approximate surface area is 156 Å². The van der Waals surface area contributed by atoms with Crippen LogP contribution in [0.3, 0.4) is 0 Å². The number of piperidine rings is 1. The Balaban J connectivity index is 1.36. The maximum Gasteiger partial charge on any atom is 0.233 e. The van der Waals surface area contributed by atoms with Crippen molar-refractivity contribution in [3.63, 3.8) is 0 Å². The van der Waals surface area contributed by atoms with E-state index in [1.165, 1.54) is 37.4 Å². The van der Waals surface area contributed by atoms with Crippen molar-refractivity contribution in [2.45, 2.75) is 37.3 Å². The van der Waals surface area contributed by atoms with Gasteiger partial charge in [0.1, 0.15) is 5.75 Å². The van der Waals surface area contributed by atoms with Gasteiger partial charge < -0.3 is 10.0 Å². The minimum absolute atomic E-state index is 0.166. The number of hydrogen-bond acceptors (Lipinski definition) is 6. The van der Waals surface area contributed by atoms with Gasteiger partial charge in [0.15, 0.2) is 0 Å². The fourth-order valence-corrected chi connectivity index (χ4v) is 4.86. The molecule has 138 valence electrons. The van der Waals surface area contributed by atoms with Crippen LogP contribution in [0.2, 0.25) is 0 Å². The number of phenols is 1. The maximum atomic E-state index is 12.7. The van der Waals surface area contributed by atoms with E-state index in [0.717, 1.165) is 31.1 Å². The molecule has 1 N–H and O–H groups in total. The van der Waals surface area contributed by atoms with Crippen molar-refractivity contribution >= 4 is 17.7 Å². The smallest absolute Gasteiger partial charge is 0.233 e. The van der Waals surface area contributed by atoms with Gasteiger partial charge in [-0.1, -0.05) is 31.0 Å². The summed E-state index contributed by atoms with van der Waals surface area (Å²) < 4.78 is 1.59. The Morgan fingerprint density at radius 3 is 2.73 bits per heavy atom. The van der Waals surface area contributed by atoms with Crippen LogP contribution >= 0.6 is 11.8 Å². The highest BCUT2D eigenvalue weighted by Gasteiger charge is 2.32. The van der Waals surface area contributed by atoms with Crippen LogP contribution in [0.1, 0.15) is 32.1 Å². The molecule has 4 rings (SSSR count). The standard InChI is InChI=1S/C18H23N5O2S/c24-16-7-5-15(6-8-16)23-18(19-20-21-23)26-12-17(25)22-10-9-13-3-1-2-4-14(13)11-22/h5-8,13-14,24H,1-4,9-12H2/t13-,14-/m1/s1. The van der Waals surface area contributed by atoms with Gasteiger partial charge in [0.2, 0.25) is 11.1 Å². The molecule has 2 fully saturated rings. The van der Waals surface area contributed by atoms with Gasteiger partial charge in [-0.2, -0.15) is 4.68 Å². The van der Waals surface area contributed by atoms with E-state index in [2.05, 4.69) is 15.5 Å². The first kappa shape index (κ1) is 17.3. The Morgan fingerprint density at radius 1 is 1.15 bits per heavy atom. The molecule has 0 unspecified atom stereocenters. The number of carbonyl (C=O) groups is 1. The number of hydrogen-bond donors (Lipinski definition) is 1. The van der Waals surface area contributed by atoms with Crippen molar-refractivity contribution < 1.29 is 9.90 Å². The lowest BCUT2D eigenvalue weighted by Gasteiger charge is -2.41. The zero-order chi connectivity index (χ0) is 17.9. The normalized spacial score (nSPS) is 22.8. The summed E-state index contributed by atoms with van der Waals surface area (Å²) in [7, 11) is 0. The third-order valence-electron chi connectivity index (χ3n) is 5.50. The SMILES string of the molecule is O=C(CSc1nnnn1-c1ccc(O)cc1)N1CC[C@H]2CCCC[C@@H]2C1. The van der Waals surface area contributed by atoms with Gasteiger partial charge in [0.25, 0.3) is 0 Å². The van der Waals surface area contributed by atoms with Crippen LogP contribution in [0, 0.1) is 11.8 Å². The van der Waals surface area contributed by atoms with E-state index in [1.54, 1.807) is 28.9 Å². The Morgan fingerprint density at radius 2 is 1.92 bits per heavy atom. The first-order valence-corrected chi connectivity index (χ1v) is 10.2. The molecule has 2 atom stereocenters. The van der Waals surface area contributed by atoms with Crippen LogP contribution in [0.5, 0.6) is 5.75 Å². The first-order valence-electron chi connectivity index (χ1n) is 9.19. The summed E-state index contributed by atoms with van der Waals surface area (Å²) in [5.41, 5.74) is 0.755. The van der Waals surface area contributed by atoms with Crippen LogP contribution in [0.4, 0.5) is 0 Å². The largest absolute Gasteiger partial charge is 0.508 e. The predicted octanol–water partition coefficient (Wildman–Crippen LogP) is 2.50. The second-order valence-corrected chi connectivity index (χ2v) is 8.05. The van der Waals surface area contributed by atoms with Gasteiger partial charge in [-0.05, 0) is 59.4 Å². The fraction of sp³-hybridized carbons (Fsp3) is 0.556. The summed E-state index contributed by atoms with van der Waals surface area (Å²) in [5.74, 6) is 2.21. The van der Waals surface area contributed by atoms with Crippen molar-refractivity contribution in [2.24, 2.45) is 11.8 Å². The first-order chi connectivity index (χ1) is 12.7. The highest BCUT2D eigenvalue weighted by atomic mass is 32.2. The number of rotatable bonds is 4. The predicted molar refractivity (Wildman–Crippen MR) is 98.2 cm³/mol. The molecule has 0 spiro atoms. The fourth-order valence-electron chi connectivity index (χ4n) is 4.07. The molecule has 26 heavy (non-hydrogen) atoms. The summed E-state index contributed by atoms with van der Waals surface area (Å²) in [4.78, 5) is 14.7. The summed E-state index contributed by atoms with van der Waals surface area (Å²) in [5, 5.41) is 21.7. The molecular formula is C18H23N5O2S. The number of fused-ring (bicyclic) bond motifs is 1. The molecule has 2 aliphatic rings. The lowest BCUT2D eigenvalue weighted by Crippen LogP contribution is -2.45. The average Bonchev–Trinajstić information content (AvgIpc) is 3.15. The number of tetrazole rings is 1. The van der Waals surface area contributed by atoms with Crippen molar-refractivity contribution in [3.05, 3.63) is 24.3 Å². The van der Waals surface area contributed by atoms with E-state index in [4.69, 9.17) is 0 Å². The molecule has 0 bridgehead atoms. The van der Waals surface area contributed by atoms with Crippen molar-refractivity contribution in [1.82, 2.24) is 25.1 Å². The number of carbonyl (C=O) groups excluding carboxylic acids is 1. The molecule has 1 aromatic carbocycles. The van der Waals surface area contributed by atoms with Gasteiger partial charge >= 0.3 is 0 Å². The summed E-state index contributed by atoms with van der Waals surface area (Å²) in [6, 6.07) is 6.66. The van der Waals surface area contributed by atoms with Crippen LogP contribution in [-0.2, 0) is 4.79 Å². The van der Waals surface area contributed by atoms with Crippen molar-refractivity contribution in [3.8, 4) is 11.4 Å². The molecular weight excluding hydrogens is 350 g/mol. The molecule has 2 aromatic rings. The average molecular weight is 373 g/mol. The van der Waals surface area contributed by atoms with E-state index in [9.17, 15) is 9.90 Å². The lowest BCUT2D eigenvalue weighted by atomic mass is 9.75. The van der Waals surface area contributed by atoms with Crippen LogP contribution in [0.15, 0.2) is 29.4 Å². The second-order valence-electron chi connectivity index (χ2n) is 7.11. The van der Waals surface area contributed by atoms with Crippen LogP contribution in [-0.4, -0.2) is 55.0 Å². The molecule has 8 heteroatoms. The molecule has 2 heterocycles. The van der Waals surface area contributed by atoms with E-state index < -0.39 is 0 Å². The second kappa shape index (κ2) is 7.65. The maximum absolute atomic E-state index is 12.7. The van der Waals surface area contributed by atoms with Crippen molar-refractivity contribution in [1.29, 1.82) is 0 Å². The van der Waals surface area contributed by atoms with Gasteiger partial charge in [0, 0.05) is 13.1 Å². The molecule has 7 nitrogen and oxygen atoms in total. The van der Waals surface area contributed by atoms with Gasteiger partial charge in [-0.15, -0.1) is 5.10 Å². The van der Waals surface area contributed by atoms with E-state index in [-0.39, 0.29) is 11.7 Å². The zero-order valence-electron chi connectivity index (χ0n) is 14.6. The van der Waals surface area contributed by atoms with Crippen LogP contribution < -0.4 is 0 Å². The van der Waals surface area contributed by atoms with Gasteiger partial charge in [-0.25, -0.2) is 0 Å². The van der Waals surface area contributed by atoms with Crippen molar-refractivity contribution in [2.75, 3.05) is 18.8 Å². The number of benzene rings is 1. The summed E-state index contributed by atoms with van der Waals surface area (Å²) >= 11 is 1.36. The molecule has 1 saturated heterocycles. The minimum atomic E-state index is 0.166. The Bertz CT molecular complexity index is 763. The number of thioether (sulfide) groups is 1. The molecule has 1 aliphatic carbocycles. The van der Waals surface area contributed by atoms with E-state index >= 15 is 0 Å². The molecule has 1 aromatic heterocycles. The van der Waals surface area contributed by atoms with Gasteiger partial charge in [0.05, 0.1) is 11.4 Å². The minimum Gasteiger partial charge on any atom is -0.508 e. The molecule has 1 saturated carbocycles. The summed E-state index contributed by atoms with van der Waals surface area (Å²) in [6.45, 7) is 1.79. The topological polar surface area (TPSA) is 84.1 Å². The number of nitrogens with zero attached hydrogens (tertiary/aromatic N) is 5.